The fourth-order valence-corrected chi connectivity index (χ4v) is 3.70. The van der Waals surface area contributed by atoms with E-state index in [1.807, 2.05) is 0 Å². The molecular weight excluding hydrogens is 262 g/mol. The molecule has 1 aliphatic rings. The number of benzene rings is 1. The van der Waals surface area contributed by atoms with E-state index < -0.39 is 0 Å². The lowest BCUT2D eigenvalue weighted by molar-refractivity contribution is 0.0438. The van der Waals surface area contributed by atoms with Gasteiger partial charge in [0.25, 0.3) is 0 Å². The molecule has 0 bridgehead atoms. The van der Waals surface area contributed by atoms with Crippen molar-refractivity contribution in [3.05, 3.63) is 34.3 Å². The van der Waals surface area contributed by atoms with Crippen molar-refractivity contribution in [3.63, 3.8) is 0 Å². The summed E-state index contributed by atoms with van der Waals surface area (Å²) in [6, 6.07) is 9.07. The standard InChI is InChI=1S/C14H20BrN/c1-3-14(4-2)12(9-13(14)16)10-6-5-7-11(15)8-10/h5-8,12-13H,3-4,9,16H2,1-2H3. The van der Waals surface area contributed by atoms with Crippen LogP contribution in [0.5, 0.6) is 0 Å². The van der Waals surface area contributed by atoms with Crippen molar-refractivity contribution in [2.45, 2.75) is 45.1 Å². The number of nitrogens with two attached hydrogens (primary N) is 1. The molecule has 0 heterocycles. The second-order valence-corrected chi connectivity index (χ2v) is 5.81. The van der Waals surface area contributed by atoms with Gasteiger partial charge in [0, 0.05) is 10.5 Å². The maximum Gasteiger partial charge on any atom is 0.0178 e. The highest BCUT2D eigenvalue weighted by Gasteiger charge is 2.50. The quantitative estimate of drug-likeness (QED) is 0.888. The molecule has 1 nitrogen and oxygen atoms in total. The van der Waals surface area contributed by atoms with Crippen molar-refractivity contribution in [1.82, 2.24) is 0 Å². The summed E-state index contributed by atoms with van der Waals surface area (Å²) in [6.07, 6.45) is 3.50. The summed E-state index contributed by atoms with van der Waals surface area (Å²) in [4.78, 5) is 0. The molecule has 1 saturated carbocycles. The third-order valence-electron chi connectivity index (χ3n) is 4.49. The average molecular weight is 282 g/mol. The topological polar surface area (TPSA) is 26.0 Å². The first-order chi connectivity index (χ1) is 7.64. The minimum absolute atomic E-state index is 0.334. The van der Waals surface area contributed by atoms with Crippen LogP contribution in [-0.2, 0) is 0 Å². The normalized spacial score (nSPS) is 27.5. The van der Waals surface area contributed by atoms with Gasteiger partial charge >= 0.3 is 0 Å². The van der Waals surface area contributed by atoms with Gasteiger partial charge in [-0.15, -0.1) is 0 Å². The van der Waals surface area contributed by atoms with Crippen LogP contribution in [0.3, 0.4) is 0 Å². The van der Waals surface area contributed by atoms with E-state index in [9.17, 15) is 0 Å². The fraction of sp³-hybridized carbons (Fsp3) is 0.571. The molecule has 2 heteroatoms. The molecule has 88 valence electrons. The second kappa shape index (κ2) is 4.50. The van der Waals surface area contributed by atoms with Gasteiger partial charge in [-0.05, 0) is 48.3 Å². The Morgan fingerprint density at radius 2 is 2.06 bits per heavy atom. The van der Waals surface area contributed by atoms with Crippen LogP contribution in [0.4, 0.5) is 0 Å². The monoisotopic (exact) mass is 281 g/mol. The number of hydrogen-bond donors (Lipinski definition) is 1. The van der Waals surface area contributed by atoms with Crippen LogP contribution in [0.2, 0.25) is 0 Å². The second-order valence-electron chi connectivity index (χ2n) is 4.89. The summed E-state index contributed by atoms with van der Waals surface area (Å²) in [5, 5.41) is 0. The first-order valence-corrected chi connectivity index (χ1v) is 6.94. The molecule has 0 amide bonds. The van der Waals surface area contributed by atoms with Crippen LogP contribution in [-0.4, -0.2) is 6.04 Å². The van der Waals surface area contributed by atoms with Crippen molar-refractivity contribution in [2.75, 3.05) is 0 Å². The van der Waals surface area contributed by atoms with E-state index in [0.717, 1.165) is 6.42 Å². The van der Waals surface area contributed by atoms with E-state index in [-0.39, 0.29) is 0 Å². The van der Waals surface area contributed by atoms with Crippen molar-refractivity contribution in [2.24, 2.45) is 11.1 Å². The lowest BCUT2D eigenvalue weighted by Gasteiger charge is -2.55. The highest BCUT2D eigenvalue weighted by molar-refractivity contribution is 9.10. The van der Waals surface area contributed by atoms with E-state index in [0.29, 0.717) is 17.4 Å². The first kappa shape index (κ1) is 12.1. The molecule has 16 heavy (non-hydrogen) atoms. The summed E-state index contributed by atoms with van der Waals surface area (Å²) in [5.74, 6) is 0.648. The Bertz CT molecular complexity index is 371. The van der Waals surface area contributed by atoms with Gasteiger partial charge in [-0.1, -0.05) is 41.9 Å². The Morgan fingerprint density at radius 3 is 2.56 bits per heavy atom. The van der Waals surface area contributed by atoms with Gasteiger partial charge in [-0.3, -0.25) is 0 Å². The van der Waals surface area contributed by atoms with Gasteiger partial charge in [0.05, 0.1) is 0 Å². The predicted molar refractivity (Wildman–Crippen MR) is 72.5 cm³/mol. The van der Waals surface area contributed by atoms with Gasteiger partial charge in [-0.25, -0.2) is 0 Å². The molecule has 2 N–H and O–H groups in total. The molecule has 0 aromatic heterocycles. The van der Waals surface area contributed by atoms with E-state index in [4.69, 9.17) is 5.73 Å². The van der Waals surface area contributed by atoms with Crippen LogP contribution in [0.15, 0.2) is 28.7 Å². The van der Waals surface area contributed by atoms with E-state index in [1.165, 1.54) is 22.9 Å². The molecule has 1 aromatic carbocycles. The Labute approximate surface area is 107 Å². The first-order valence-electron chi connectivity index (χ1n) is 6.15. The molecule has 1 fully saturated rings. The summed E-state index contributed by atoms with van der Waals surface area (Å²) < 4.78 is 1.17. The molecule has 1 aliphatic carbocycles. The van der Waals surface area contributed by atoms with Gasteiger partial charge in [0.1, 0.15) is 0 Å². The molecule has 2 atom stereocenters. The lowest BCUT2D eigenvalue weighted by Crippen LogP contribution is -2.55. The molecular formula is C14H20BrN. The molecule has 2 rings (SSSR count). The zero-order valence-corrected chi connectivity index (χ0v) is 11.6. The van der Waals surface area contributed by atoms with Crippen LogP contribution >= 0.6 is 15.9 Å². The zero-order chi connectivity index (χ0) is 11.8. The Morgan fingerprint density at radius 1 is 1.38 bits per heavy atom. The van der Waals surface area contributed by atoms with Crippen LogP contribution in [0.25, 0.3) is 0 Å². The third kappa shape index (κ3) is 1.72. The van der Waals surface area contributed by atoms with E-state index in [1.54, 1.807) is 0 Å². The van der Waals surface area contributed by atoms with E-state index in [2.05, 4.69) is 54.0 Å². The Balaban J connectivity index is 2.29. The number of rotatable bonds is 3. The SMILES string of the molecule is CCC1(CC)C(N)CC1c1cccc(Br)c1. The highest BCUT2D eigenvalue weighted by atomic mass is 79.9. The Hall–Kier alpha value is -0.340. The summed E-state index contributed by atoms with van der Waals surface area (Å²) in [7, 11) is 0. The summed E-state index contributed by atoms with van der Waals surface area (Å²) in [6.45, 7) is 4.54. The zero-order valence-electron chi connectivity index (χ0n) is 10.0. The van der Waals surface area contributed by atoms with Gasteiger partial charge in [-0.2, -0.15) is 0 Å². The van der Waals surface area contributed by atoms with Gasteiger partial charge < -0.3 is 5.73 Å². The summed E-state index contributed by atoms with van der Waals surface area (Å²) in [5.41, 5.74) is 8.01. The molecule has 2 unspecified atom stereocenters. The molecule has 0 saturated heterocycles. The van der Waals surface area contributed by atoms with Gasteiger partial charge in [0.15, 0.2) is 0 Å². The van der Waals surface area contributed by atoms with Gasteiger partial charge in [0.2, 0.25) is 0 Å². The van der Waals surface area contributed by atoms with Crippen LogP contribution in [0, 0.1) is 5.41 Å². The smallest absolute Gasteiger partial charge is 0.0178 e. The number of halogens is 1. The maximum atomic E-state index is 6.23. The van der Waals surface area contributed by atoms with E-state index >= 15 is 0 Å². The highest BCUT2D eigenvalue weighted by Crippen LogP contribution is 2.56. The largest absolute Gasteiger partial charge is 0.327 e. The molecule has 0 radical (unpaired) electrons. The Kier molecular flexibility index (Phi) is 3.41. The van der Waals surface area contributed by atoms with Crippen molar-refractivity contribution < 1.29 is 0 Å². The summed E-state index contributed by atoms with van der Waals surface area (Å²) >= 11 is 3.55. The molecule has 0 aliphatic heterocycles. The van der Waals surface area contributed by atoms with Crippen molar-refractivity contribution >= 4 is 15.9 Å². The minimum Gasteiger partial charge on any atom is -0.327 e. The number of hydrogen-bond acceptors (Lipinski definition) is 1. The average Bonchev–Trinajstić information content (AvgIpc) is 2.27. The third-order valence-corrected chi connectivity index (χ3v) is 4.98. The van der Waals surface area contributed by atoms with Crippen LogP contribution < -0.4 is 5.73 Å². The maximum absolute atomic E-state index is 6.23. The predicted octanol–water partition coefficient (Wildman–Crippen LogP) is 4.07. The molecule has 0 spiro atoms. The van der Waals surface area contributed by atoms with Crippen LogP contribution in [0.1, 0.15) is 44.6 Å². The minimum atomic E-state index is 0.334. The molecule has 1 aromatic rings. The van der Waals surface area contributed by atoms with Crippen molar-refractivity contribution in [3.8, 4) is 0 Å². The van der Waals surface area contributed by atoms with Crippen molar-refractivity contribution in [1.29, 1.82) is 0 Å². The lowest BCUT2D eigenvalue weighted by atomic mass is 9.52. The fourth-order valence-electron chi connectivity index (χ4n) is 3.28.